The molecule has 0 unspecified atom stereocenters. The van der Waals surface area contributed by atoms with Gasteiger partial charge >= 0.3 is 0 Å². The smallest absolute Gasteiger partial charge is 0.246 e. The van der Waals surface area contributed by atoms with Crippen molar-refractivity contribution in [3.63, 3.8) is 0 Å². The molecular weight excluding hydrogens is 363 g/mol. The highest BCUT2D eigenvalue weighted by Gasteiger charge is 2.28. The van der Waals surface area contributed by atoms with Gasteiger partial charge in [0.1, 0.15) is 23.6 Å². The molecule has 1 aliphatic heterocycles. The minimum absolute atomic E-state index is 0.0148. The van der Waals surface area contributed by atoms with Crippen molar-refractivity contribution >= 4 is 22.8 Å². The normalized spacial score (nSPS) is 17.1. The minimum Gasteiger partial charge on any atom is -0.506 e. The molecule has 28 heavy (non-hydrogen) atoms. The first kappa shape index (κ1) is 17.9. The molecule has 1 aliphatic rings. The standard InChI is InChI=1S/C19H19FN6O2/c1-3-16(28)24-7-8-25(12(2)9-24)19-13-10-26(23-18(13)21-11-22-19)17-14(20)5-4-6-15(17)27/h3-6,10-12,27H,1,7-9H2,2H3/t12-/m0/s1. The summed E-state index contributed by atoms with van der Waals surface area (Å²) in [5.41, 5.74) is 0.352. The van der Waals surface area contributed by atoms with Crippen LogP contribution in [0.1, 0.15) is 6.92 Å². The maximum absolute atomic E-state index is 14.2. The first-order chi connectivity index (χ1) is 13.5. The van der Waals surface area contributed by atoms with Gasteiger partial charge < -0.3 is 14.9 Å². The maximum Gasteiger partial charge on any atom is 0.246 e. The molecule has 1 aromatic carbocycles. The summed E-state index contributed by atoms with van der Waals surface area (Å²) in [7, 11) is 0. The number of anilines is 1. The van der Waals surface area contributed by atoms with Gasteiger partial charge in [0.15, 0.2) is 11.5 Å². The largest absolute Gasteiger partial charge is 0.506 e. The van der Waals surface area contributed by atoms with E-state index in [4.69, 9.17) is 0 Å². The highest BCUT2D eigenvalue weighted by atomic mass is 19.1. The lowest BCUT2D eigenvalue weighted by Gasteiger charge is -2.40. The molecule has 0 bridgehead atoms. The van der Waals surface area contributed by atoms with Gasteiger partial charge in [-0.15, -0.1) is 5.10 Å². The number of rotatable bonds is 3. The number of aromatic nitrogens is 4. The summed E-state index contributed by atoms with van der Waals surface area (Å²) in [6.45, 7) is 7.21. The van der Waals surface area contributed by atoms with Crippen LogP contribution in [-0.2, 0) is 4.79 Å². The second-order valence-electron chi connectivity index (χ2n) is 6.65. The van der Waals surface area contributed by atoms with Gasteiger partial charge in [-0.3, -0.25) is 4.79 Å². The number of carbonyl (C=O) groups excluding carboxylic acids is 1. The number of amides is 1. The monoisotopic (exact) mass is 382 g/mol. The number of halogens is 1. The van der Waals surface area contributed by atoms with Crippen LogP contribution in [0.2, 0.25) is 0 Å². The van der Waals surface area contributed by atoms with Crippen LogP contribution >= 0.6 is 0 Å². The number of phenolic OH excluding ortho intramolecular Hbond substituents is 1. The molecule has 8 nitrogen and oxygen atoms in total. The van der Waals surface area contributed by atoms with Crippen LogP contribution in [0.4, 0.5) is 10.2 Å². The molecule has 3 heterocycles. The number of aromatic hydroxyl groups is 1. The van der Waals surface area contributed by atoms with E-state index in [0.717, 1.165) is 0 Å². The van der Waals surface area contributed by atoms with Crippen LogP contribution in [0.5, 0.6) is 5.75 Å². The first-order valence-corrected chi connectivity index (χ1v) is 8.86. The number of nitrogens with zero attached hydrogens (tertiary/aromatic N) is 6. The summed E-state index contributed by atoms with van der Waals surface area (Å²) in [4.78, 5) is 24.3. The third-order valence-corrected chi connectivity index (χ3v) is 4.88. The SMILES string of the molecule is C=CC(=O)N1CCN(c2ncnc3nn(-c4c(O)cccc4F)cc23)[C@@H](C)C1. The summed E-state index contributed by atoms with van der Waals surface area (Å²) in [5.74, 6) is -0.244. The molecule has 0 spiro atoms. The van der Waals surface area contributed by atoms with E-state index in [0.29, 0.717) is 36.5 Å². The zero-order chi connectivity index (χ0) is 19.8. The highest BCUT2D eigenvalue weighted by Crippen LogP contribution is 2.29. The summed E-state index contributed by atoms with van der Waals surface area (Å²) < 4.78 is 15.5. The average molecular weight is 382 g/mol. The molecule has 144 valence electrons. The van der Waals surface area contributed by atoms with Crippen molar-refractivity contribution in [2.24, 2.45) is 0 Å². The molecule has 1 amide bonds. The van der Waals surface area contributed by atoms with E-state index in [-0.39, 0.29) is 23.4 Å². The zero-order valence-electron chi connectivity index (χ0n) is 15.3. The Bertz CT molecular complexity index is 1050. The lowest BCUT2D eigenvalue weighted by Crippen LogP contribution is -2.53. The van der Waals surface area contributed by atoms with E-state index in [2.05, 4.69) is 26.5 Å². The van der Waals surface area contributed by atoms with E-state index in [1.54, 1.807) is 11.1 Å². The van der Waals surface area contributed by atoms with Crippen LogP contribution < -0.4 is 4.90 Å². The molecule has 1 N–H and O–H groups in total. The molecular formula is C19H19FN6O2. The number of para-hydroxylation sites is 1. The fraction of sp³-hybridized carbons (Fsp3) is 0.263. The van der Waals surface area contributed by atoms with Crippen LogP contribution in [0.25, 0.3) is 16.7 Å². The average Bonchev–Trinajstić information content (AvgIpc) is 3.11. The quantitative estimate of drug-likeness (QED) is 0.696. The lowest BCUT2D eigenvalue weighted by molar-refractivity contribution is -0.126. The van der Waals surface area contributed by atoms with Gasteiger partial charge in [-0.1, -0.05) is 12.6 Å². The van der Waals surface area contributed by atoms with Gasteiger partial charge in [-0.05, 0) is 25.1 Å². The minimum atomic E-state index is -0.591. The Morgan fingerprint density at radius 2 is 2.18 bits per heavy atom. The number of fused-ring (bicyclic) bond motifs is 1. The molecule has 0 aliphatic carbocycles. The summed E-state index contributed by atoms with van der Waals surface area (Å²) in [6.07, 6.45) is 4.33. The molecule has 0 radical (unpaired) electrons. The van der Waals surface area contributed by atoms with Crippen molar-refractivity contribution in [1.29, 1.82) is 0 Å². The zero-order valence-corrected chi connectivity index (χ0v) is 15.3. The van der Waals surface area contributed by atoms with Gasteiger partial charge in [0.2, 0.25) is 5.91 Å². The van der Waals surface area contributed by atoms with E-state index < -0.39 is 5.82 Å². The molecule has 2 aromatic heterocycles. The summed E-state index contributed by atoms with van der Waals surface area (Å²) in [5, 5.41) is 15.0. The highest BCUT2D eigenvalue weighted by molar-refractivity contribution is 5.88. The van der Waals surface area contributed by atoms with Crippen molar-refractivity contribution < 1.29 is 14.3 Å². The molecule has 1 saturated heterocycles. The predicted molar refractivity (Wildman–Crippen MR) is 102 cm³/mol. The molecule has 3 aromatic rings. The number of hydrogen-bond donors (Lipinski definition) is 1. The van der Waals surface area contributed by atoms with Crippen LogP contribution in [0.3, 0.4) is 0 Å². The fourth-order valence-corrected chi connectivity index (χ4v) is 3.50. The van der Waals surface area contributed by atoms with Crippen LogP contribution in [0.15, 0.2) is 43.4 Å². The van der Waals surface area contributed by atoms with Gasteiger partial charge in [-0.25, -0.2) is 19.0 Å². The Labute approximate surface area is 160 Å². The van der Waals surface area contributed by atoms with Crippen LogP contribution in [-0.4, -0.2) is 61.3 Å². The summed E-state index contributed by atoms with van der Waals surface area (Å²) in [6, 6.07) is 4.09. The number of benzene rings is 1. The number of hydrogen-bond acceptors (Lipinski definition) is 6. The lowest BCUT2D eigenvalue weighted by atomic mass is 10.1. The van der Waals surface area contributed by atoms with E-state index >= 15 is 0 Å². The number of carbonyl (C=O) groups is 1. The fourth-order valence-electron chi connectivity index (χ4n) is 3.50. The number of phenols is 1. The van der Waals surface area contributed by atoms with Gasteiger partial charge in [-0.2, -0.15) is 0 Å². The van der Waals surface area contributed by atoms with Gasteiger partial charge in [0.05, 0.1) is 5.39 Å². The Hall–Kier alpha value is -3.49. The van der Waals surface area contributed by atoms with Crippen molar-refractivity contribution in [2.75, 3.05) is 24.5 Å². The summed E-state index contributed by atoms with van der Waals surface area (Å²) >= 11 is 0. The molecule has 1 fully saturated rings. The Kier molecular flexibility index (Phi) is 4.42. The van der Waals surface area contributed by atoms with Crippen molar-refractivity contribution in [2.45, 2.75) is 13.0 Å². The predicted octanol–water partition coefficient (Wildman–Crippen LogP) is 1.88. The molecule has 9 heteroatoms. The van der Waals surface area contributed by atoms with Gasteiger partial charge in [0.25, 0.3) is 0 Å². The molecule has 1 atom stereocenters. The third kappa shape index (κ3) is 2.94. The number of piperazine rings is 1. The first-order valence-electron chi connectivity index (χ1n) is 8.86. The second kappa shape index (κ2) is 6.91. The Morgan fingerprint density at radius 1 is 1.36 bits per heavy atom. The van der Waals surface area contributed by atoms with Crippen LogP contribution in [0, 0.1) is 5.82 Å². The Balaban J connectivity index is 1.73. The van der Waals surface area contributed by atoms with E-state index in [1.165, 1.54) is 35.3 Å². The van der Waals surface area contributed by atoms with Crippen molar-refractivity contribution in [1.82, 2.24) is 24.6 Å². The maximum atomic E-state index is 14.2. The Morgan fingerprint density at radius 3 is 2.89 bits per heavy atom. The van der Waals surface area contributed by atoms with Crippen molar-refractivity contribution in [3.05, 3.63) is 49.2 Å². The van der Waals surface area contributed by atoms with Crippen molar-refractivity contribution in [3.8, 4) is 11.4 Å². The van der Waals surface area contributed by atoms with Gasteiger partial charge in [0, 0.05) is 31.9 Å². The molecule has 4 rings (SSSR count). The third-order valence-electron chi connectivity index (χ3n) is 4.88. The van der Waals surface area contributed by atoms with E-state index in [9.17, 15) is 14.3 Å². The van der Waals surface area contributed by atoms with E-state index in [1.807, 2.05) is 6.92 Å². The second-order valence-corrected chi connectivity index (χ2v) is 6.65. The topological polar surface area (TPSA) is 87.4 Å². The molecule has 0 saturated carbocycles.